The number of nitrogens with zero attached hydrogens (tertiary/aromatic N) is 3. The van der Waals surface area contributed by atoms with Crippen LogP contribution < -0.4 is 9.47 Å². The standard InChI is InChI=1S/C20H22N4O5S/c1-28-15-6-7-17(29-2)18(12-15)30(26,27)24-10-8-23(9-11-24)20(25)16-5-3-4-14-13-21-22-19(14)16/h3-7,12-13H,8-11H2,1-2H3,(H,21,22). The van der Waals surface area contributed by atoms with E-state index in [1.165, 1.54) is 24.6 Å². The molecule has 10 heteroatoms. The molecule has 0 saturated carbocycles. The average Bonchev–Trinajstić information content (AvgIpc) is 3.27. The number of benzene rings is 2. The topological polar surface area (TPSA) is 105 Å². The second-order valence-corrected chi connectivity index (χ2v) is 8.76. The van der Waals surface area contributed by atoms with Crippen LogP contribution in [-0.4, -0.2) is 74.1 Å². The molecular formula is C20H22N4O5S. The van der Waals surface area contributed by atoms with Gasteiger partial charge in [-0.1, -0.05) is 12.1 Å². The van der Waals surface area contributed by atoms with E-state index in [1.54, 1.807) is 35.4 Å². The first kappa shape index (κ1) is 20.2. The van der Waals surface area contributed by atoms with Gasteiger partial charge in [0.05, 0.1) is 31.5 Å². The molecule has 158 valence electrons. The summed E-state index contributed by atoms with van der Waals surface area (Å²) in [4.78, 5) is 14.7. The number of H-pyrrole nitrogens is 1. The van der Waals surface area contributed by atoms with E-state index < -0.39 is 10.0 Å². The molecule has 0 radical (unpaired) electrons. The van der Waals surface area contributed by atoms with Crippen LogP contribution in [0.15, 0.2) is 47.5 Å². The lowest BCUT2D eigenvalue weighted by Gasteiger charge is -2.34. The van der Waals surface area contributed by atoms with Crippen LogP contribution in [0.1, 0.15) is 10.4 Å². The zero-order chi connectivity index (χ0) is 21.3. The molecule has 0 atom stereocenters. The second kappa shape index (κ2) is 7.96. The van der Waals surface area contributed by atoms with Crippen molar-refractivity contribution in [3.05, 3.63) is 48.2 Å². The van der Waals surface area contributed by atoms with Crippen LogP contribution in [0, 0.1) is 0 Å². The van der Waals surface area contributed by atoms with Crippen molar-refractivity contribution in [1.29, 1.82) is 0 Å². The van der Waals surface area contributed by atoms with Crippen LogP contribution in [0.5, 0.6) is 11.5 Å². The first-order valence-electron chi connectivity index (χ1n) is 9.39. The maximum absolute atomic E-state index is 13.2. The van der Waals surface area contributed by atoms with Crippen molar-refractivity contribution in [2.45, 2.75) is 4.90 Å². The molecule has 0 unspecified atom stereocenters. The molecule has 30 heavy (non-hydrogen) atoms. The molecule has 1 aliphatic heterocycles. The van der Waals surface area contributed by atoms with Gasteiger partial charge in [0.1, 0.15) is 16.4 Å². The van der Waals surface area contributed by atoms with E-state index in [4.69, 9.17) is 9.47 Å². The molecule has 0 bridgehead atoms. The highest BCUT2D eigenvalue weighted by molar-refractivity contribution is 7.89. The van der Waals surface area contributed by atoms with Crippen molar-refractivity contribution in [2.75, 3.05) is 40.4 Å². The van der Waals surface area contributed by atoms with E-state index >= 15 is 0 Å². The van der Waals surface area contributed by atoms with Crippen LogP contribution in [-0.2, 0) is 10.0 Å². The van der Waals surface area contributed by atoms with Gasteiger partial charge < -0.3 is 14.4 Å². The van der Waals surface area contributed by atoms with Crippen LogP contribution in [0.25, 0.3) is 10.9 Å². The van der Waals surface area contributed by atoms with E-state index in [-0.39, 0.29) is 42.7 Å². The number of rotatable bonds is 5. The van der Waals surface area contributed by atoms with E-state index in [2.05, 4.69) is 10.2 Å². The molecule has 9 nitrogen and oxygen atoms in total. The number of nitrogens with one attached hydrogen (secondary N) is 1. The zero-order valence-corrected chi connectivity index (χ0v) is 17.5. The molecule has 1 amide bonds. The highest BCUT2D eigenvalue weighted by Crippen LogP contribution is 2.31. The highest BCUT2D eigenvalue weighted by Gasteiger charge is 2.33. The Balaban J connectivity index is 1.53. The largest absolute Gasteiger partial charge is 0.497 e. The SMILES string of the molecule is COc1ccc(OC)c(S(=O)(=O)N2CCN(C(=O)c3cccc4cn[nH]c34)CC2)c1. The van der Waals surface area contributed by atoms with Gasteiger partial charge in [0.25, 0.3) is 5.91 Å². The molecule has 1 N–H and O–H groups in total. The van der Waals surface area contributed by atoms with Gasteiger partial charge in [-0.15, -0.1) is 0 Å². The summed E-state index contributed by atoms with van der Waals surface area (Å²) >= 11 is 0. The number of piperazine rings is 1. The molecule has 0 aliphatic carbocycles. The van der Waals surface area contributed by atoms with Crippen molar-refractivity contribution in [2.24, 2.45) is 0 Å². The van der Waals surface area contributed by atoms with Gasteiger partial charge in [-0.3, -0.25) is 9.89 Å². The quantitative estimate of drug-likeness (QED) is 0.661. The first-order chi connectivity index (χ1) is 14.5. The maximum atomic E-state index is 13.2. The molecule has 1 saturated heterocycles. The highest BCUT2D eigenvalue weighted by atomic mass is 32.2. The number of hydrogen-bond donors (Lipinski definition) is 1. The number of ether oxygens (including phenoxy) is 2. The smallest absolute Gasteiger partial charge is 0.256 e. The fraction of sp³-hybridized carbons (Fsp3) is 0.300. The number of amides is 1. The molecule has 0 spiro atoms. The number of fused-ring (bicyclic) bond motifs is 1. The number of aromatic nitrogens is 2. The number of hydrogen-bond acceptors (Lipinski definition) is 6. The third-order valence-corrected chi connectivity index (χ3v) is 7.14. The molecule has 4 rings (SSSR count). The Hall–Kier alpha value is -3.11. The first-order valence-corrected chi connectivity index (χ1v) is 10.8. The van der Waals surface area contributed by atoms with E-state index in [1.807, 2.05) is 6.07 Å². The fourth-order valence-electron chi connectivity index (χ4n) is 3.57. The Kier molecular flexibility index (Phi) is 5.35. The van der Waals surface area contributed by atoms with Crippen molar-refractivity contribution in [3.8, 4) is 11.5 Å². The molecule has 1 aromatic heterocycles. The normalized spacial score (nSPS) is 15.3. The molecule has 1 aliphatic rings. The van der Waals surface area contributed by atoms with Crippen molar-refractivity contribution in [1.82, 2.24) is 19.4 Å². The van der Waals surface area contributed by atoms with E-state index in [9.17, 15) is 13.2 Å². The number of carbonyl (C=O) groups is 1. The maximum Gasteiger partial charge on any atom is 0.256 e. The molecule has 2 heterocycles. The van der Waals surface area contributed by atoms with Crippen LogP contribution in [0.2, 0.25) is 0 Å². The lowest BCUT2D eigenvalue weighted by atomic mass is 10.1. The van der Waals surface area contributed by atoms with Gasteiger partial charge in [0.2, 0.25) is 10.0 Å². The molecule has 2 aromatic carbocycles. The second-order valence-electron chi connectivity index (χ2n) is 6.85. The summed E-state index contributed by atoms with van der Waals surface area (Å²) in [6.07, 6.45) is 1.66. The third-order valence-electron chi connectivity index (χ3n) is 5.22. The summed E-state index contributed by atoms with van der Waals surface area (Å²) in [5, 5.41) is 7.70. The average molecular weight is 430 g/mol. The Bertz CT molecular complexity index is 1180. The minimum Gasteiger partial charge on any atom is -0.497 e. The minimum atomic E-state index is -3.80. The minimum absolute atomic E-state index is 0.0476. The van der Waals surface area contributed by atoms with Crippen molar-refractivity contribution < 1.29 is 22.7 Å². The lowest BCUT2D eigenvalue weighted by molar-refractivity contribution is 0.0699. The number of para-hydroxylation sites is 1. The lowest BCUT2D eigenvalue weighted by Crippen LogP contribution is -2.50. The summed E-state index contributed by atoms with van der Waals surface area (Å²) in [6, 6.07) is 10.1. The zero-order valence-electron chi connectivity index (χ0n) is 16.7. The fourth-order valence-corrected chi connectivity index (χ4v) is 5.17. The summed E-state index contributed by atoms with van der Waals surface area (Å²) < 4.78 is 38.2. The van der Waals surface area contributed by atoms with Crippen LogP contribution in [0.3, 0.4) is 0 Å². The third kappa shape index (κ3) is 3.48. The predicted octanol–water partition coefficient (Wildman–Crippen LogP) is 1.73. The summed E-state index contributed by atoms with van der Waals surface area (Å²) in [7, 11) is -0.904. The van der Waals surface area contributed by atoms with Gasteiger partial charge in [-0.2, -0.15) is 9.40 Å². The van der Waals surface area contributed by atoms with Gasteiger partial charge in [0, 0.05) is 37.6 Å². The molecule has 3 aromatic rings. The number of methoxy groups -OCH3 is 2. The summed E-state index contributed by atoms with van der Waals surface area (Å²) in [5.74, 6) is 0.525. The summed E-state index contributed by atoms with van der Waals surface area (Å²) in [6.45, 7) is 0.949. The van der Waals surface area contributed by atoms with E-state index in [0.717, 1.165) is 5.39 Å². The number of sulfonamides is 1. The monoisotopic (exact) mass is 430 g/mol. The van der Waals surface area contributed by atoms with Crippen molar-refractivity contribution in [3.63, 3.8) is 0 Å². The van der Waals surface area contributed by atoms with Gasteiger partial charge in [-0.25, -0.2) is 8.42 Å². The molecule has 1 fully saturated rings. The van der Waals surface area contributed by atoms with Crippen LogP contribution in [0.4, 0.5) is 0 Å². The molecular weight excluding hydrogens is 408 g/mol. The van der Waals surface area contributed by atoms with E-state index in [0.29, 0.717) is 16.8 Å². The Morgan fingerprint density at radius 3 is 2.53 bits per heavy atom. The Morgan fingerprint density at radius 1 is 1.07 bits per heavy atom. The van der Waals surface area contributed by atoms with Gasteiger partial charge >= 0.3 is 0 Å². The number of carbonyl (C=O) groups excluding carboxylic acids is 1. The van der Waals surface area contributed by atoms with Crippen LogP contribution >= 0.6 is 0 Å². The Labute approximate surface area is 174 Å². The predicted molar refractivity (Wildman–Crippen MR) is 110 cm³/mol. The summed E-state index contributed by atoms with van der Waals surface area (Å²) in [5.41, 5.74) is 1.20. The van der Waals surface area contributed by atoms with Crippen molar-refractivity contribution >= 4 is 26.8 Å². The Morgan fingerprint density at radius 2 is 1.83 bits per heavy atom. The number of aromatic amines is 1. The van der Waals surface area contributed by atoms with Gasteiger partial charge in [-0.05, 0) is 18.2 Å². The van der Waals surface area contributed by atoms with Gasteiger partial charge in [0.15, 0.2) is 0 Å².